The summed E-state index contributed by atoms with van der Waals surface area (Å²) in [6.45, 7) is 2.22. The molecule has 0 atom stereocenters. The summed E-state index contributed by atoms with van der Waals surface area (Å²) in [4.78, 5) is 33.2. The number of aromatic nitrogens is 1. The van der Waals surface area contributed by atoms with E-state index in [-0.39, 0.29) is 16.7 Å². The van der Waals surface area contributed by atoms with Gasteiger partial charge in [-0.25, -0.2) is 8.42 Å². The van der Waals surface area contributed by atoms with E-state index in [0.29, 0.717) is 55.4 Å². The summed E-state index contributed by atoms with van der Waals surface area (Å²) in [7, 11) is -3.83. The van der Waals surface area contributed by atoms with Crippen molar-refractivity contribution < 1.29 is 18.0 Å². The van der Waals surface area contributed by atoms with E-state index in [2.05, 4.69) is 15.0 Å². The number of nitrogens with one attached hydrogen (secondary N) is 2. The van der Waals surface area contributed by atoms with E-state index in [4.69, 9.17) is 0 Å². The van der Waals surface area contributed by atoms with Crippen LogP contribution in [-0.2, 0) is 10.0 Å². The number of sulfonamides is 1. The Balaban J connectivity index is 1.22. The topological polar surface area (TPSA) is 112 Å². The molecule has 0 unspecified atom stereocenters. The van der Waals surface area contributed by atoms with Gasteiger partial charge in [0.15, 0.2) is 0 Å². The smallest absolute Gasteiger partial charge is 0.272 e. The molecule has 0 aliphatic carbocycles. The summed E-state index contributed by atoms with van der Waals surface area (Å²) in [6, 6.07) is 16.7. The Morgan fingerprint density at radius 3 is 2.28 bits per heavy atom. The van der Waals surface area contributed by atoms with Crippen molar-refractivity contribution in [1.82, 2.24) is 14.8 Å². The van der Waals surface area contributed by atoms with Crippen molar-refractivity contribution in [2.24, 2.45) is 0 Å². The lowest BCUT2D eigenvalue weighted by atomic mass is 10.1. The van der Waals surface area contributed by atoms with Crippen LogP contribution in [0.25, 0.3) is 6.08 Å². The fourth-order valence-corrected chi connectivity index (χ4v) is 5.56. The fraction of sp³-hybridized carbons (Fsp3) is 0.192. The van der Waals surface area contributed by atoms with E-state index >= 15 is 0 Å². The Labute approximate surface area is 209 Å². The van der Waals surface area contributed by atoms with E-state index in [0.717, 1.165) is 5.56 Å². The van der Waals surface area contributed by atoms with Gasteiger partial charge in [0.1, 0.15) is 10.6 Å². The van der Waals surface area contributed by atoms with Crippen LogP contribution in [0.5, 0.6) is 0 Å². The van der Waals surface area contributed by atoms with Crippen molar-refractivity contribution in [1.29, 1.82) is 0 Å². The van der Waals surface area contributed by atoms with Crippen LogP contribution in [0.15, 0.2) is 77.8 Å². The highest BCUT2D eigenvalue weighted by Gasteiger charge is 2.26. The second-order valence-electron chi connectivity index (χ2n) is 8.49. The fourth-order valence-electron chi connectivity index (χ4n) is 4.28. The Morgan fingerprint density at radius 1 is 0.861 bits per heavy atom. The Kier molecular flexibility index (Phi) is 6.43. The first-order chi connectivity index (χ1) is 17.4. The molecule has 0 radical (unpaired) electrons. The molecule has 5 rings (SSSR count). The molecule has 0 saturated carbocycles. The number of rotatable bonds is 5. The molecule has 3 heterocycles. The maximum atomic E-state index is 13.0. The van der Waals surface area contributed by atoms with Crippen LogP contribution in [0.3, 0.4) is 0 Å². The molecule has 184 valence electrons. The van der Waals surface area contributed by atoms with Gasteiger partial charge in [-0.3, -0.25) is 19.3 Å². The average molecular weight is 504 g/mol. The van der Waals surface area contributed by atoms with E-state index in [1.807, 2.05) is 18.2 Å². The van der Waals surface area contributed by atoms with Crippen LogP contribution >= 0.6 is 0 Å². The number of carbonyl (C=O) groups excluding carboxylic acids is 2. The van der Waals surface area contributed by atoms with Gasteiger partial charge in [-0.2, -0.15) is 0 Å². The number of anilines is 2. The Morgan fingerprint density at radius 2 is 1.58 bits per heavy atom. The highest BCUT2D eigenvalue weighted by atomic mass is 32.2. The van der Waals surface area contributed by atoms with Crippen LogP contribution in [-0.4, -0.2) is 67.7 Å². The van der Waals surface area contributed by atoms with Gasteiger partial charge in [0.25, 0.3) is 21.8 Å². The maximum Gasteiger partial charge on any atom is 0.272 e. The van der Waals surface area contributed by atoms with Crippen LogP contribution < -0.4 is 10.0 Å². The van der Waals surface area contributed by atoms with E-state index in [1.165, 1.54) is 0 Å². The van der Waals surface area contributed by atoms with Crippen molar-refractivity contribution in [2.45, 2.75) is 4.90 Å². The molecular weight excluding hydrogens is 478 g/mol. The van der Waals surface area contributed by atoms with Crippen LogP contribution in [0.1, 0.15) is 26.4 Å². The molecular formula is C26H25N5O4S. The van der Waals surface area contributed by atoms with Gasteiger partial charge in [0.05, 0.1) is 5.69 Å². The van der Waals surface area contributed by atoms with Crippen LogP contribution in [0, 0.1) is 0 Å². The molecule has 2 N–H and O–H groups in total. The lowest BCUT2D eigenvalue weighted by molar-refractivity contribution is 0.0532. The third kappa shape index (κ3) is 4.80. The summed E-state index contributed by atoms with van der Waals surface area (Å²) in [5.74, 6) is -0.312. The monoisotopic (exact) mass is 503 g/mol. The second kappa shape index (κ2) is 9.82. The molecule has 2 amide bonds. The van der Waals surface area contributed by atoms with Crippen LogP contribution in [0.2, 0.25) is 0 Å². The first-order valence-corrected chi connectivity index (χ1v) is 13.1. The maximum absolute atomic E-state index is 13.0. The zero-order chi connectivity index (χ0) is 25.1. The number of piperazine rings is 1. The standard InChI is InChI=1S/C26H25N5O4S/c32-25(30-15-17-31(18-16-30)26(33)22-7-1-2-13-27-22)20-9-11-21(12-10-20)29-36(34,35)23-8-3-5-19-6-4-14-28-24(19)23/h1-13,28-29H,14-18H2. The minimum absolute atomic E-state index is 0.148. The molecule has 1 saturated heterocycles. The SMILES string of the molecule is O=C(c1ccc(NS(=O)(=O)c2cccc3c2NCC=C3)cc1)N1CCN(C(=O)c2ccccn2)CC1. The second-order valence-corrected chi connectivity index (χ2v) is 10.1. The van der Waals surface area contributed by atoms with Gasteiger partial charge >= 0.3 is 0 Å². The summed E-state index contributed by atoms with van der Waals surface area (Å²) < 4.78 is 28.7. The molecule has 2 aromatic carbocycles. The Bertz CT molecular complexity index is 1410. The number of pyridine rings is 1. The van der Waals surface area contributed by atoms with Crippen molar-refractivity contribution >= 4 is 39.3 Å². The summed E-state index contributed by atoms with van der Waals surface area (Å²) in [6.07, 6.45) is 5.40. The molecule has 2 aliphatic heterocycles. The predicted molar refractivity (Wildman–Crippen MR) is 137 cm³/mol. The zero-order valence-corrected chi connectivity index (χ0v) is 20.2. The van der Waals surface area contributed by atoms with Crippen molar-refractivity contribution in [3.05, 3.63) is 89.8 Å². The summed E-state index contributed by atoms with van der Waals surface area (Å²) in [5.41, 5.74) is 2.58. The molecule has 3 aromatic rings. The number of carbonyl (C=O) groups is 2. The summed E-state index contributed by atoms with van der Waals surface area (Å²) >= 11 is 0. The van der Waals surface area contributed by atoms with Gasteiger partial charge in [0.2, 0.25) is 0 Å². The van der Waals surface area contributed by atoms with Gasteiger partial charge in [0, 0.05) is 50.2 Å². The van der Waals surface area contributed by atoms with Gasteiger partial charge in [-0.05, 0) is 48.0 Å². The molecule has 36 heavy (non-hydrogen) atoms. The number of amides is 2. The summed E-state index contributed by atoms with van der Waals surface area (Å²) in [5, 5.41) is 3.12. The van der Waals surface area contributed by atoms with Gasteiger partial charge in [-0.1, -0.05) is 30.4 Å². The van der Waals surface area contributed by atoms with Gasteiger partial charge in [-0.15, -0.1) is 0 Å². The number of nitrogens with zero attached hydrogens (tertiary/aromatic N) is 3. The van der Waals surface area contributed by atoms with E-state index < -0.39 is 10.0 Å². The molecule has 0 spiro atoms. The number of benzene rings is 2. The predicted octanol–water partition coefficient (Wildman–Crippen LogP) is 2.92. The number of fused-ring (bicyclic) bond motifs is 1. The molecule has 2 aliphatic rings. The minimum atomic E-state index is -3.83. The molecule has 1 aromatic heterocycles. The zero-order valence-electron chi connectivity index (χ0n) is 19.4. The highest BCUT2D eigenvalue weighted by Crippen LogP contribution is 2.30. The molecule has 9 nitrogen and oxygen atoms in total. The average Bonchev–Trinajstić information content (AvgIpc) is 2.93. The third-order valence-electron chi connectivity index (χ3n) is 6.16. The molecule has 1 fully saturated rings. The first kappa shape index (κ1) is 23.6. The Hall–Kier alpha value is -4.18. The van der Waals surface area contributed by atoms with Crippen molar-refractivity contribution in [3.63, 3.8) is 0 Å². The van der Waals surface area contributed by atoms with Crippen molar-refractivity contribution in [2.75, 3.05) is 42.8 Å². The highest BCUT2D eigenvalue weighted by molar-refractivity contribution is 7.92. The first-order valence-electron chi connectivity index (χ1n) is 11.6. The largest absolute Gasteiger partial charge is 0.380 e. The number of hydrogen-bond donors (Lipinski definition) is 2. The lowest BCUT2D eigenvalue weighted by Crippen LogP contribution is -2.50. The van der Waals surface area contributed by atoms with Gasteiger partial charge < -0.3 is 15.1 Å². The molecule has 10 heteroatoms. The number of hydrogen-bond acceptors (Lipinski definition) is 6. The minimum Gasteiger partial charge on any atom is -0.380 e. The van der Waals surface area contributed by atoms with Crippen LogP contribution in [0.4, 0.5) is 11.4 Å². The molecule has 0 bridgehead atoms. The van der Waals surface area contributed by atoms with E-state index in [1.54, 1.807) is 70.6 Å². The van der Waals surface area contributed by atoms with Crippen molar-refractivity contribution in [3.8, 4) is 0 Å². The lowest BCUT2D eigenvalue weighted by Gasteiger charge is -2.34. The number of para-hydroxylation sites is 1. The quantitative estimate of drug-likeness (QED) is 0.554. The normalized spacial score (nSPS) is 15.1. The van der Waals surface area contributed by atoms with E-state index in [9.17, 15) is 18.0 Å². The third-order valence-corrected chi connectivity index (χ3v) is 7.59.